The van der Waals surface area contributed by atoms with E-state index < -0.39 is 0 Å². The van der Waals surface area contributed by atoms with Crippen molar-refractivity contribution in [2.45, 2.75) is 26.3 Å². The third-order valence-electron chi connectivity index (χ3n) is 2.61. The lowest BCUT2D eigenvalue weighted by Crippen LogP contribution is -2.39. The van der Waals surface area contributed by atoms with Gasteiger partial charge in [-0.2, -0.15) is 0 Å². The van der Waals surface area contributed by atoms with Crippen molar-refractivity contribution in [3.8, 4) is 0 Å². The van der Waals surface area contributed by atoms with Crippen molar-refractivity contribution in [1.29, 1.82) is 0 Å². The molecule has 0 aliphatic carbocycles. The molecule has 0 bridgehead atoms. The molecule has 0 aromatic heterocycles. The molecule has 0 saturated heterocycles. The molecule has 0 spiro atoms. The molecule has 4 heteroatoms. The number of para-hydroxylation sites is 1. The van der Waals surface area contributed by atoms with Crippen LogP contribution in [0.1, 0.15) is 20.3 Å². The molecule has 1 heterocycles. The maximum atomic E-state index is 11.8. The summed E-state index contributed by atoms with van der Waals surface area (Å²) in [6.07, 6.45) is 0.802. The Hall–Kier alpha value is -1.22. The monoisotopic (exact) mass is 238 g/mol. The van der Waals surface area contributed by atoms with Gasteiger partial charge in [-0.25, -0.2) is 0 Å². The van der Waals surface area contributed by atoms with Crippen LogP contribution in [-0.2, 0) is 4.79 Å². The average Bonchev–Trinajstić information content (AvgIpc) is 2.20. The summed E-state index contributed by atoms with van der Waals surface area (Å²) in [6.45, 7) is 4.19. The van der Waals surface area contributed by atoms with Crippen molar-refractivity contribution in [2.75, 3.05) is 10.6 Å². The average molecular weight is 239 g/mol. The van der Waals surface area contributed by atoms with Crippen molar-refractivity contribution in [1.82, 2.24) is 0 Å². The molecule has 86 valence electrons. The summed E-state index contributed by atoms with van der Waals surface area (Å²) in [5.41, 5.74) is 1.59. The van der Waals surface area contributed by atoms with Crippen molar-refractivity contribution in [3.63, 3.8) is 0 Å². The third kappa shape index (κ3) is 2.14. The maximum absolute atomic E-state index is 11.8. The van der Waals surface area contributed by atoms with Gasteiger partial charge in [-0.15, -0.1) is 0 Å². The second-order valence-corrected chi connectivity index (χ2v) is 4.89. The molecule has 0 saturated carbocycles. The molecule has 0 radical (unpaired) electrons. The van der Waals surface area contributed by atoms with Gasteiger partial charge in [0, 0.05) is 0 Å². The van der Waals surface area contributed by atoms with Gasteiger partial charge in [0.25, 0.3) is 0 Å². The molecular weight excluding hydrogens is 224 g/mol. The van der Waals surface area contributed by atoms with Gasteiger partial charge < -0.3 is 10.6 Å². The Kier molecular flexibility index (Phi) is 3.06. The number of rotatable bonds is 2. The number of benzene rings is 1. The van der Waals surface area contributed by atoms with E-state index in [9.17, 15) is 4.79 Å². The maximum Gasteiger partial charge on any atom is 0.246 e. The molecule has 1 aliphatic heterocycles. The highest BCUT2D eigenvalue weighted by molar-refractivity contribution is 6.34. The van der Waals surface area contributed by atoms with Gasteiger partial charge in [0.15, 0.2) is 0 Å². The Labute approximate surface area is 100 Å². The van der Waals surface area contributed by atoms with Crippen LogP contribution in [0, 0.1) is 5.92 Å². The Morgan fingerprint density at radius 1 is 1.44 bits per heavy atom. The van der Waals surface area contributed by atoms with Gasteiger partial charge >= 0.3 is 0 Å². The van der Waals surface area contributed by atoms with E-state index in [4.69, 9.17) is 11.6 Å². The third-order valence-corrected chi connectivity index (χ3v) is 2.93. The molecule has 1 aliphatic rings. The van der Waals surface area contributed by atoms with Crippen LogP contribution in [0.2, 0.25) is 5.02 Å². The normalized spacial score (nSPS) is 19.0. The van der Waals surface area contributed by atoms with Crippen LogP contribution < -0.4 is 10.6 Å². The van der Waals surface area contributed by atoms with Crippen LogP contribution >= 0.6 is 11.6 Å². The molecule has 2 N–H and O–H groups in total. The number of fused-ring (bicyclic) bond motifs is 1. The first kappa shape index (κ1) is 11.3. The summed E-state index contributed by atoms with van der Waals surface area (Å²) >= 11 is 6.08. The Bertz CT molecular complexity index is 417. The number of halogens is 1. The summed E-state index contributed by atoms with van der Waals surface area (Å²) < 4.78 is 0. The number of hydrogen-bond acceptors (Lipinski definition) is 2. The molecule has 1 aromatic carbocycles. The lowest BCUT2D eigenvalue weighted by atomic mass is 10.0. The fraction of sp³-hybridized carbons (Fsp3) is 0.417. The quantitative estimate of drug-likeness (QED) is 0.831. The van der Waals surface area contributed by atoms with Crippen molar-refractivity contribution in [3.05, 3.63) is 23.2 Å². The number of nitrogens with one attached hydrogen (secondary N) is 2. The minimum atomic E-state index is -0.188. The first-order chi connectivity index (χ1) is 7.58. The van der Waals surface area contributed by atoms with Gasteiger partial charge in [-0.05, 0) is 24.5 Å². The number of hydrogen-bond donors (Lipinski definition) is 2. The van der Waals surface area contributed by atoms with E-state index >= 15 is 0 Å². The van der Waals surface area contributed by atoms with E-state index in [1.807, 2.05) is 18.2 Å². The zero-order valence-corrected chi connectivity index (χ0v) is 10.1. The number of anilines is 2. The van der Waals surface area contributed by atoms with Crippen LogP contribution in [0.25, 0.3) is 0 Å². The van der Waals surface area contributed by atoms with Crippen LogP contribution in [-0.4, -0.2) is 11.9 Å². The van der Waals surface area contributed by atoms with Gasteiger partial charge in [0.2, 0.25) is 5.91 Å². The molecule has 2 rings (SSSR count). The van der Waals surface area contributed by atoms with E-state index in [0.717, 1.165) is 17.8 Å². The summed E-state index contributed by atoms with van der Waals surface area (Å²) in [5, 5.41) is 6.72. The van der Waals surface area contributed by atoms with Crippen LogP contribution in [0.15, 0.2) is 18.2 Å². The fourth-order valence-electron chi connectivity index (χ4n) is 1.87. The zero-order chi connectivity index (χ0) is 11.7. The molecule has 1 atom stereocenters. The summed E-state index contributed by atoms with van der Waals surface area (Å²) in [7, 11) is 0. The molecule has 0 fully saturated rings. The second-order valence-electron chi connectivity index (χ2n) is 4.48. The van der Waals surface area contributed by atoms with Gasteiger partial charge in [0.05, 0.1) is 16.4 Å². The lowest BCUT2D eigenvalue weighted by molar-refractivity contribution is -0.117. The minimum Gasteiger partial charge on any atom is -0.371 e. The predicted octanol–water partition coefficient (Wildman–Crippen LogP) is 3.12. The van der Waals surface area contributed by atoms with Crippen LogP contribution in [0.4, 0.5) is 11.4 Å². The molecule has 3 nitrogen and oxygen atoms in total. The SMILES string of the molecule is CC(C)CC1Nc2c(Cl)cccc2NC1=O. The van der Waals surface area contributed by atoms with Crippen LogP contribution in [0.3, 0.4) is 0 Å². The standard InChI is InChI=1S/C12H15ClN2O/c1-7(2)6-10-12(16)15-9-5-3-4-8(13)11(9)14-10/h3-5,7,10,14H,6H2,1-2H3,(H,15,16). The molecule has 1 amide bonds. The van der Waals surface area contributed by atoms with Crippen molar-refractivity contribution >= 4 is 28.9 Å². The lowest BCUT2D eigenvalue weighted by Gasteiger charge is -2.28. The minimum absolute atomic E-state index is 0.0171. The second kappa shape index (κ2) is 4.34. The summed E-state index contributed by atoms with van der Waals surface area (Å²) in [4.78, 5) is 11.8. The molecule has 1 unspecified atom stereocenters. The first-order valence-corrected chi connectivity index (χ1v) is 5.81. The summed E-state index contributed by atoms with van der Waals surface area (Å²) in [6, 6.07) is 5.30. The topological polar surface area (TPSA) is 41.1 Å². The van der Waals surface area contributed by atoms with E-state index in [1.165, 1.54) is 0 Å². The highest BCUT2D eigenvalue weighted by Gasteiger charge is 2.26. The van der Waals surface area contributed by atoms with E-state index in [0.29, 0.717) is 10.9 Å². The van der Waals surface area contributed by atoms with Gasteiger partial charge in [0.1, 0.15) is 6.04 Å². The summed E-state index contributed by atoms with van der Waals surface area (Å²) in [5.74, 6) is 0.482. The van der Waals surface area contributed by atoms with Crippen molar-refractivity contribution < 1.29 is 4.79 Å². The predicted molar refractivity (Wildman–Crippen MR) is 66.9 cm³/mol. The molecular formula is C12H15ClN2O. The highest BCUT2D eigenvalue weighted by atomic mass is 35.5. The van der Waals surface area contributed by atoms with E-state index in [2.05, 4.69) is 24.5 Å². The van der Waals surface area contributed by atoms with Gasteiger partial charge in [-0.3, -0.25) is 4.79 Å². The number of amides is 1. The first-order valence-electron chi connectivity index (χ1n) is 5.44. The van der Waals surface area contributed by atoms with E-state index in [1.54, 1.807) is 0 Å². The largest absolute Gasteiger partial charge is 0.371 e. The van der Waals surface area contributed by atoms with Crippen LogP contribution in [0.5, 0.6) is 0 Å². The fourth-order valence-corrected chi connectivity index (χ4v) is 2.10. The number of carbonyl (C=O) groups is 1. The number of carbonyl (C=O) groups excluding carboxylic acids is 1. The van der Waals surface area contributed by atoms with Crippen molar-refractivity contribution in [2.24, 2.45) is 5.92 Å². The highest BCUT2D eigenvalue weighted by Crippen LogP contribution is 2.34. The van der Waals surface area contributed by atoms with Gasteiger partial charge in [-0.1, -0.05) is 31.5 Å². The Balaban J connectivity index is 2.26. The Morgan fingerprint density at radius 2 is 2.19 bits per heavy atom. The molecule has 16 heavy (non-hydrogen) atoms. The van der Waals surface area contributed by atoms with E-state index in [-0.39, 0.29) is 11.9 Å². The smallest absolute Gasteiger partial charge is 0.246 e. The molecule has 1 aromatic rings. The zero-order valence-electron chi connectivity index (χ0n) is 9.38. The Morgan fingerprint density at radius 3 is 2.88 bits per heavy atom.